The zero-order valence-corrected chi connectivity index (χ0v) is 16.6. The SMILES string of the molecule is CNC1CCCN(C(C)C(=O)Nc2cc(NC(C)=O)ccc2OC)C1.Cl. The summed E-state index contributed by atoms with van der Waals surface area (Å²) in [6, 6.07) is 5.34. The van der Waals surface area contributed by atoms with Crippen molar-refractivity contribution >= 4 is 35.6 Å². The van der Waals surface area contributed by atoms with Gasteiger partial charge in [0.1, 0.15) is 5.75 Å². The van der Waals surface area contributed by atoms with Gasteiger partial charge in [-0.1, -0.05) is 0 Å². The molecule has 1 aliphatic heterocycles. The van der Waals surface area contributed by atoms with Crippen LogP contribution >= 0.6 is 12.4 Å². The Hall–Kier alpha value is -1.83. The number of benzene rings is 1. The summed E-state index contributed by atoms with van der Waals surface area (Å²) in [5, 5.41) is 8.93. The molecule has 8 heteroatoms. The minimum atomic E-state index is -0.245. The van der Waals surface area contributed by atoms with Crippen LogP contribution in [0.25, 0.3) is 0 Å². The van der Waals surface area contributed by atoms with Crippen molar-refractivity contribution in [2.24, 2.45) is 0 Å². The minimum Gasteiger partial charge on any atom is -0.495 e. The third kappa shape index (κ3) is 5.86. The van der Waals surface area contributed by atoms with E-state index in [0.717, 1.165) is 25.9 Å². The molecule has 2 atom stereocenters. The third-order valence-corrected chi connectivity index (χ3v) is 4.57. The summed E-state index contributed by atoms with van der Waals surface area (Å²) in [6.07, 6.45) is 2.21. The number of hydrogen-bond acceptors (Lipinski definition) is 5. The van der Waals surface area contributed by atoms with Gasteiger partial charge in [-0.25, -0.2) is 0 Å². The smallest absolute Gasteiger partial charge is 0.241 e. The van der Waals surface area contributed by atoms with Crippen LogP contribution in [0.3, 0.4) is 0 Å². The molecule has 1 saturated heterocycles. The second-order valence-electron chi connectivity index (χ2n) is 6.38. The van der Waals surface area contributed by atoms with Gasteiger partial charge in [-0.05, 0) is 51.6 Å². The highest BCUT2D eigenvalue weighted by molar-refractivity contribution is 5.97. The molecule has 1 aromatic carbocycles. The molecule has 1 aliphatic rings. The van der Waals surface area contributed by atoms with Crippen LogP contribution in [-0.4, -0.2) is 56.0 Å². The Balaban J connectivity index is 0.00000338. The van der Waals surface area contributed by atoms with E-state index in [9.17, 15) is 9.59 Å². The molecule has 1 heterocycles. The molecular formula is C18H29ClN4O3. The fourth-order valence-corrected chi connectivity index (χ4v) is 3.08. The maximum atomic E-state index is 12.7. The Morgan fingerprint density at radius 1 is 1.31 bits per heavy atom. The molecule has 2 amide bonds. The van der Waals surface area contributed by atoms with Gasteiger partial charge in [0.2, 0.25) is 11.8 Å². The highest BCUT2D eigenvalue weighted by Crippen LogP contribution is 2.28. The van der Waals surface area contributed by atoms with E-state index < -0.39 is 0 Å². The average Bonchev–Trinajstić information content (AvgIpc) is 2.60. The predicted octanol–water partition coefficient (Wildman–Crippen LogP) is 2.09. The number of methoxy groups -OCH3 is 1. The molecule has 0 spiro atoms. The van der Waals surface area contributed by atoms with Crippen molar-refractivity contribution in [2.45, 2.75) is 38.8 Å². The number of carbonyl (C=O) groups excluding carboxylic acids is 2. The molecule has 0 saturated carbocycles. The van der Waals surface area contributed by atoms with Crippen LogP contribution < -0.4 is 20.7 Å². The molecule has 0 aromatic heterocycles. The summed E-state index contributed by atoms with van der Waals surface area (Å²) in [4.78, 5) is 26.1. The van der Waals surface area contributed by atoms with Crippen molar-refractivity contribution in [3.8, 4) is 5.75 Å². The van der Waals surface area contributed by atoms with Gasteiger partial charge in [0.25, 0.3) is 0 Å². The molecule has 1 fully saturated rings. The van der Waals surface area contributed by atoms with Crippen molar-refractivity contribution in [1.29, 1.82) is 0 Å². The highest BCUT2D eigenvalue weighted by Gasteiger charge is 2.27. The van der Waals surface area contributed by atoms with Crippen LogP contribution in [0.15, 0.2) is 18.2 Å². The maximum Gasteiger partial charge on any atom is 0.241 e. The van der Waals surface area contributed by atoms with Crippen LogP contribution in [0.1, 0.15) is 26.7 Å². The van der Waals surface area contributed by atoms with Crippen molar-refractivity contribution in [2.75, 3.05) is 37.9 Å². The molecule has 0 bridgehead atoms. The molecule has 2 unspecified atom stereocenters. The Morgan fingerprint density at radius 2 is 2.04 bits per heavy atom. The summed E-state index contributed by atoms with van der Waals surface area (Å²) < 4.78 is 5.31. The van der Waals surface area contributed by atoms with Crippen LogP contribution in [0, 0.1) is 0 Å². The number of amides is 2. The van der Waals surface area contributed by atoms with Crippen LogP contribution in [0.2, 0.25) is 0 Å². The Bertz CT molecular complexity index is 626. The maximum absolute atomic E-state index is 12.7. The summed E-state index contributed by atoms with van der Waals surface area (Å²) >= 11 is 0. The number of anilines is 2. The molecule has 146 valence electrons. The van der Waals surface area contributed by atoms with E-state index >= 15 is 0 Å². The van der Waals surface area contributed by atoms with Gasteiger partial charge in [-0.15, -0.1) is 12.4 Å². The molecule has 1 aromatic rings. The number of halogens is 1. The van der Waals surface area contributed by atoms with Gasteiger partial charge in [-0.3, -0.25) is 14.5 Å². The fraction of sp³-hybridized carbons (Fsp3) is 0.556. The van der Waals surface area contributed by atoms with Crippen molar-refractivity contribution < 1.29 is 14.3 Å². The number of rotatable bonds is 6. The zero-order valence-electron chi connectivity index (χ0n) is 15.8. The monoisotopic (exact) mass is 384 g/mol. The predicted molar refractivity (Wildman–Crippen MR) is 106 cm³/mol. The van der Waals surface area contributed by atoms with Crippen LogP contribution in [0.4, 0.5) is 11.4 Å². The Kier molecular flexibility index (Phi) is 8.84. The topological polar surface area (TPSA) is 82.7 Å². The largest absolute Gasteiger partial charge is 0.495 e. The molecule has 2 rings (SSSR count). The lowest BCUT2D eigenvalue weighted by atomic mass is 10.0. The summed E-state index contributed by atoms with van der Waals surface area (Å²) in [7, 11) is 3.51. The minimum absolute atomic E-state index is 0. The van der Waals surface area contributed by atoms with Gasteiger partial charge in [0, 0.05) is 25.2 Å². The van der Waals surface area contributed by atoms with E-state index in [2.05, 4.69) is 20.9 Å². The van der Waals surface area contributed by atoms with E-state index in [1.54, 1.807) is 25.3 Å². The van der Waals surface area contributed by atoms with Crippen LogP contribution in [0.5, 0.6) is 5.75 Å². The lowest BCUT2D eigenvalue weighted by molar-refractivity contribution is -0.121. The number of likely N-dealkylation sites (N-methyl/N-ethyl adjacent to an activating group) is 1. The van der Waals surface area contributed by atoms with Crippen molar-refractivity contribution in [1.82, 2.24) is 10.2 Å². The summed E-state index contributed by atoms with van der Waals surface area (Å²) in [6.45, 7) is 5.13. The van der Waals surface area contributed by atoms with E-state index in [4.69, 9.17) is 4.74 Å². The van der Waals surface area contributed by atoms with Gasteiger partial charge >= 0.3 is 0 Å². The van der Waals surface area contributed by atoms with Gasteiger partial charge in [0.05, 0.1) is 18.8 Å². The number of nitrogens with zero attached hydrogens (tertiary/aromatic N) is 1. The Labute approximate surface area is 161 Å². The molecular weight excluding hydrogens is 356 g/mol. The lowest BCUT2D eigenvalue weighted by Gasteiger charge is -2.36. The first kappa shape index (κ1) is 22.2. The van der Waals surface area contributed by atoms with Crippen LogP contribution in [-0.2, 0) is 9.59 Å². The molecule has 26 heavy (non-hydrogen) atoms. The zero-order chi connectivity index (χ0) is 18.4. The van der Waals surface area contributed by atoms with Gasteiger partial charge in [-0.2, -0.15) is 0 Å². The molecule has 7 nitrogen and oxygen atoms in total. The Morgan fingerprint density at radius 3 is 2.65 bits per heavy atom. The van der Waals surface area contributed by atoms with Crippen molar-refractivity contribution in [3.05, 3.63) is 18.2 Å². The van der Waals surface area contributed by atoms with E-state index in [1.165, 1.54) is 6.92 Å². The third-order valence-electron chi connectivity index (χ3n) is 4.57. The highest BCUT2D eigenvalue weighted by atomic mass is 35.5. The average molecular weight is 385 g/mol. The molecule has 0 radical (unpaired) electrons. The van der Waals surface area contributed by atoms with E-state index in [0.29, 0.717) is 23.2 Å². The number of carbonyl (C=O) groups is 2. The number of hydrogen-bond donors (Lipinski definition) is 3. The number of likely N-dealkylation sites (tertiary alicyclic amines) is 1. The first-order valence-electron chi connectivity index (χ1n) is 8.62. The molecule has 0 aliphatic carbocycles. The first-order valence-corrected chi connectivity index (χ1v) is 8.62. The second kappa shape index (κ2) is 10.4. The van der Waals surface area contributed by atoms with Crippen molar-refractivity contribution in [3.63, 3.8) is 0 Å². The second-order valence-corrected chi connectivity index (χ2v) is 6.38. The van der Waals surface area contributed by atoms with Gasteiger partial charge in [0.15, 0.2) is 0 Å². The number of piperidine rings is 1. The fourth-order valence-electron chi connectivity index (χ4n) is 3.08. The van der Waals surface area contributed by atoms with E-state index in [1.807, 2.05) is 14.0 Å². The van der Waals surface area contributed by atoms with E-state index in [-0.39, 0.29) is 30.3 Å². The lowest BCUT2D eigenvalue weighted by Crippen LogP contribution is -2.51. The summed E-state index contributed by atoms with van der Waals surface area (Å²) in [5.41, 5.74) is 1.16. The standard InChI is InChI=1S/C18H28N4O3.ClH/c1-12(22-9-5-6-15(11-22)19-3)18(24)21-16-10-14(20-13(2)23)7-8-17(16)25-4;/h7-8,10,12,15,19H,5-6,9,11H2,1-4H3,(H,20,23)(H,21,24);1H. The number of ether oxygens (including phenoxy) is 1. The normalized spacial score (nSPS) is 18.4. The molecule has 3 N–H and O–H groups in total. The quantitative estimate of drug-likeness (QED) is 0.699. The van der Waals surface area contributed by atoms with Gasteiger partial charge < -0.3 is 20.7 Å². The first-order chi connectivity index (χ1) is 11.9. The summed E-state index contributed by atoms with van der Waals surface area (Å²) in [5.74, 6) is 0.304. The number of nitrogens with one attached hydrogen (secondary N) is 3.